The minimum absolute atomic E-state index is 0.0335. The summed E-state index contributed by atoms with van der Waals surface area (Å²) in [5.74, 6) is -0.600. The Morgan fingerprint density at radius 1 is 1.08 bits per heavy atom. The lowest BCUT2D eigenvalue weighted by Gasteiger charge is -2.60. The molecule has 0 spiro atoms. The summed E-state index contributed by atoms with van der Waals surface area (Å²) in [6, 6.07) is 0. The van der Waals surface area contributed by atoms with Crippen molar-refractivity contribution in [1.29, 1.82) is 0 Å². The largest absolute Gasteiger partial charge is 0.390 e. The number of ketones is 2. The highest BCUT2D eigenvalue weighted by atomic mass is 19.1. The molecule has 1 N–H and O–H groups in total. The fourth-order valence-corrected chi connectivity index (χ4v) is 6.50. The number of aliphatic hydroxyl groups is 1. The molecule has 3 fully saturated rings. The van der Waals surface area contributed by atoms with E-state index in [1.807, 2.05) is 13.8 Å². The molecule has 0 aliphatic heterocycles. The van der Waals surface area contributed by atoms with Gasteiger partial charge < -0.3 is 5.11 Å². The van der Waals surface area contributed by atoms with Gasteiger partial charge in [-0.25, -0.2) is 4.39 Å². The molecule has 2 unspecified atom stereocenters. The molecule has 6 atom stereocenters. The number of hydrogen-bond donors (Lipinski definition) is 1. The van der Waals surface area contributed by atoms with Gasteiger partial charge in [0.15, 0.2) is 17.2 Å². The second-order valence-electron chi connectivity index (χ2n) is 9.26. The molecule has 24 heavy (non-hydrogen) atoms. The molecule has 0 radical (unpaired) electrons. The molecule has 0 aromatic rings. The number of rotatable bonds is 0. The van der Waals surface area contributed by atoms with Gasteiger partial charge in [0.1, 0.15) is 0 Å². The van der Waals surface area contributed by atoms with Crippen LogP contribution < -0.4 is 0 Å². The van der Waals surface area contributed by atoms with Crippen molar-refractivity contribution in [2.45, 2.75) is 77.0 Å². The van der Waals surface area contributed by atoms with Gasteiger partial charge in [0.25, 0.3) is 0 Å². The first-order chi connectivity index (χ1) is 11.1. The van der Waals surface area contributed by atoms with Gasteiger partial charge in [-0.05, 0) is 51.0 Å². The average Bonchev–Trinajstić information content (AvgIpc) is 2.72. The van der Waals surface area contributed by atoms with Crippen LogP contribution in [0.1, 0.15) is 65.7 Å². The smallest absolute Gasteiger partial charge is 0.180 e. The Morgan fingerprint density at radius 2 is 1.79 bits per heavy atom. The lowest BCUT2D eigenvalue weighted by atomic mass is 9.44. The summed E-state index contributed by atoms with van der Waals surface area (Å²) in [6.07, 6.45) is 5.17. The summed E-state index contributed by atoms with van der Waals surface area (Å²) in [4.78, 5) is 24.9. The number of halogens is 1. The highest BCUT2D eigenvalue weighted by Gasteiger charge is 2.72. The Bertz CT molecular complexity index is 666. The van der Waals surface area contributed by atoms with Crippen molar-refractivity contribution >= 4 is 11.6 Å². The van der Waals surface area contributed by atoms with E-state index >= 15 is 4.39 Å². The van der Waals surface area contributed by atoms with Crippen LogP contribution >= 0.6 is 0 Å². The highest BCUT2D eigenvalue weighted by molar-refractivity contribution is 5.95. The quantitative estimate of drug-likeness (QED) is 0.737. The van der Waals surface area contributed by atoms with E-state index in [2.05, 4.69) is 0 Å². The van der Waals surface area contributed by atoms with Gasteiger partial charge in [-0.2, -0.15) is 0 Å². The standard InChI is InChI=1S/C20H27FO3/c1-17-8-6-13(22)10-12(17)4-5-15-14-7-9-19(3,24)18(14,2)11-16(23)20(15,17)21/h10,14-15,24H,4-9,11H2,1-3H3/t14?,15?,17-,18-,19-,20-/m1/s1. The molecule has 0 saturated heterocycles. The topological polar surface area (TPSA) is 54.4 Å². The SMILES string of the molecule is C[C@@]1(O)CCC2C3CCC4=CC(=O)CC[C@@]4(C)[C@]3(F)C(=O)C[C@]21C. The number of alkyl halides is 1. The minimum atomic E-state index is -1.89. The van der Waals surface area contributed by atoms with Crippen molar-refractivity contribution in [3.05, 3.63) is 11.6 Å². The molecule has 0 bridgehead atoms. The zero-order valence-corrected chi connectivity index (χ0v) is 14.8. The van der Waals surface area contributed by atoms with E-state index in [9.17, 15) is 14.7 Å². The number of hydrogen-bond acceptors (Lipinski definition) is 3. The zero-order chi connectivity index (χ0) is 17.5. The van der Waals surface area contributed by atoms with Gasteiger partial charge in [-0.1, -0.05) is 19.4 Å². The summed E-state index contributed by atoms with van der Waals surface area (Å²) < 4.78 is 16.5. The van der Waals surface area contributed by atoms with Gasteiger partial charge in [-0.3, -0.25) is 9.59 Å². The van der Waals surface area contributed by atoms with Crippen LogP contribution in [0.4, 0.5) is 4.39 Å². The fourth-order valence-electron chi connectivity index (χ4n) is 6.50. The Balaban J connectivity index is 1.84. The Labute approximate surface area is 142 Å². The number of carbonyl (C=O) groups excluding carboxylic acids is 2. The molecule has 0 aromatic heterocycles. The lowest BCUT2D eigenvalue weighted by molar-refractivity contribution is -0.184. The van der Waals surface area contributed by atoms with E-state index in [0.717, 1.165) is 12.0 Å². The van der Waals surface area contributed by atoms with Crippen LogP contribution in [0.3, 0.4) is 0 Å². The molecule has 4 rings (SSSR count). The van der Waals surface area contributed by atoms with Gasteiger partial charge >= 0.3 is 0 Å². The maximum Gasteiger partial charge on any atom is 0.180 e. The van der Waals surface area contributed by atoms with Gasteiger partial charge in [0.2, 0.25) is 0 Å². The van der Waals surface area contributed by atoms with Crippen LogP contribution in [-0.4, -0.2) is 27.9 Å². The highest BCUT2D eigenvalue weighted by Crippen LogP contribution is 2.68. The predicted molar refractivity (Wildman–Crippen MR) is 88.1 cm³/mol. The van der Waals surface area contributed by atoms with E-state index in [0.29, 0.717) is 32.1 Å². The van der Waals surface area contributed by atoms with Crippen molar-refractivity contribution in [2.24, 2.45) is 22.7 Å². The molecular formula is C20H27FO3. The zero-order valence-electron chi connectivity index (χ0n) is 14.8. The molecule has 3 saturated carbocycles. The van der Waals surface area contributed by atoms with Crippen LogP contribution in [0.25, 0.3) is 0 Å². The van der Waals surface area contributed by atoms with Crippen LogP contribution in [0, 0.1) is 22.7 Å². The second-order valence-corrected chi connectivity index (χ2v) is 9.26. The summed E-state index contributed by atoms with van der Waals surface area (Å²) in [5.41, 5.74) is -3.35. The molecule has 3 nitrogen and oxygen atoms in total. The first-order valence-corrected chi connectivity index (χ1v) is 9.25. The maximum atomic E-state index is 16.5. The Kier molecular flexibility index (Phi) is 3.13. The third kappa shape index (κ3) is 1.66. The van der Waals surface area contributed by atoms with Crippen LogP contribution in [0.2, 0.25) is 0 Å². The van der Waals surface area contributed by atoms with E-state index in [1.165, 1.54) is 0 Å². The summed E-state index contributed by atoms with van der Waals surface area (Å²) >= 11 is 0. The van der Waals surface area contributed by atoms with Crippen LogP contribution in [0.15, 0.2) is 11.6 Å². The summed E-state index contributed by atoms with van der Waals surface area (Å²) in [7, 11) is 0. The first-order valence-electron chi connectivity index (χ1n) is 9.25. The number of Topliss-reactive ketones (excluding diaryl/α,β-unsaturated/α-hetero) is 1. The molecule has 4 aliphatic carbocycles. The third-order valence-electron chi connectivity index (χ3n) is 8.36. The molecule has 4 heteroatoms. The predicted octanol–water partition coefficient (Wildman–Crippen LogP) is 3.54. The minimum Gasteiger partial charge on any atom is -0.390 e. The number of fused-ring (bicyclic) bond motifs is 5. The van der Waals surface area contributed by atoms with Crippen LogP contribution in [-0.2, 0) is 9.59 Å². The van der Waals surface area contributed by atoms with Crippen LogP contribution in [0.5, 0.6) is 0 Å². The van der Waals surface area contributed by atoms with Gasteiger partial charge in [-0.15, -0.1) is 0 Å². The summed E-state index contributed by atoms with van der Waals surface area (Å²) in [5, 5.41) is 10.8. The molecule has 4 aliphatic rings. The molecule has 0 aromatic carbocycles. The Hall–Kier alpha value is -1.03. The third-order valence-corrected chi connectivity index (χ3v) is 8.36. The second kappa shape index (κ2) is 4.57. The van der Waals surface area contributed by atoms with Gasteiger partial charge in [0, 0.05) is 29.6 Å². The number of allylic oxidation sites excluding steroid dienone is 1. The van der Waals surface area contributed by atoms with E-state index < -0.39 is 22.1 Å². The van der Waals surface area contributed by atoms with Crippen molar-refractivity contribution < 1.29 is 19.1 Å². The molecule has 0 amide bonds. The lowest BCUT2D eigenvalue weighted by Crippen LogP contribution is -2.66. The summed E-state index contributed by atoms with van der Waals surface area (Å²) in [6.45, 7) is 5.63. The van der Waals surface area contributed by atoms with E-state index in [4.69, 9.17) is 0 Å². The molecular weight excluding hydrogens is 307 g/mol. The maximum absolute atomic E-state index is 16.5. The monoisotopic (exact) mass is 334 g/mol. The van der Waals surface area contributed by atoms with Crippen molar-refractivity contribution in [1.82, 2.24) is 0 Å². The average molecular weight is 334 g/mol. The number of carbonyl (C=O) groups is 2. The molecule has 0 heterocycles. The van der Waals surface area contributed by atoms with E-state index in [-0.39, 0.29) is 29.8 Å². The Morgan fingerprint density at radius 3 is 2.50 bits per heavy atom. The van der Waals surface area contributed by atoms with Crippen molar-refractivity contribution in [3.63, 3.8) is 0 Å². The van der Waals surface area contributed by atoms with Crippen molar-refractivity contribution in [3.8, 4) is 0 Å². The first kappa shape index (κ1) is 16.4. The van der Waals surface area contributed by atoms with Gasteiger partial charge in [0.05, 0.1) is 5.60 Å². The van der Waals surface area contributed by atoms with Crippen molar-refractivity contribution in [2.75, 3.05) is 0 Å². The molecule has 132 valence electrons. The van der Waals surface area contributed by atoms with E-state index in [1.54, 1.807) is 13.0 Å². The fraction of sp³-hybridized carbons (Fsp3) is 0.800. The normalized spacial score (nSPS) is 54.0.